The minimum atomic E-state index is -4.73. The van der Waals surface area contributed by atoms with E-state index < -0.39 is 17.6 Å². The van der Waals surface area contributed by atoms with Gasteiger partial charge in [0.1, 0.15) is 5.82 Å². The predicted molar refractivity (Wildman–Crippen MR) is 119 cm³/mol. The van der Waals surface area contributed by atoms with Crippen molar-refractivity contribution in [3.05, 3.63) is 58.9 Å². The molecule has 1 aromatic heterocycles. The maximum absolute atomic E-state index is 13.9. The fourth-order valence-corrected chi connectivity index (χ4v) is 4.90. The topological polar surface area (TPSA) is 45.7 Å². The standard InChI is InChI=1S/C23H23F4N3O2S/c1-2-32-21(31)11-15-4-3-5-16(10-15)14-29-6-8-30(9-7-29)22-28-19-13-18(24)17(23(25,26)27)12-20(19)33-22/h3-5,10,12-13H,2,6-9,11,14H2,1H3. The molecular weight excluding hydrogens is 458 g/mol. The first-order chi connectivity index (χ1) is 15.7. The normalized spacial score (nSPS) is 15.2. The molecule has 33 heavy (non-hydrogen) atoms. The molecule has 5 nitrogen and oxygen atoms in total. The Morgan fingerprint density at radius 3 is 2.55 bits per heavy atom. The highest BCUT2D eigenvalue weighted by atomic mass is 32.1. The summed E-state index contributed by atoms with van der Waals surface area (Å²) >= 11 is 1.15. The van der Waals surface area contributed by atoms with Gasteiger partial charge in [-0.25, -0.2) is 9.37 Å². The number of ether oxygens (including phenoxy) is 1. The number of benzene rings is 2. The highest BCUT2D eigenvalue weighted by molar-refractivity contribution is 7.22. The number of fused-ring (bicyclic) bond motifs is 1. The summed E-state index contributed by atoms with van der Waals surface area (Å²) in [6.45, 7) is 5.69. The lowest BCUT2D eigenvalue weighted by Crippen LogP contribution is -2.45. The first kappa shape index (κ1) is 23.4. The average molecular weight is 482 g/mol. The first-order valence-electron chi connectivity index (χ1n) is 10.6. The van der Waals surface area contributed by atoms with Crippen molar-refractivity contribution in [1.29, 1.82) is 0 Å². The zero-order chi connectivity index (χ0) is 23.6. The molecule has 4 rings (SSSR count). The summed E-state index contributed by atoms with van der Waals surface area (Å²) in [5, 5.41) is 0.597. The Balaban J connectivity index is 1.38. The number of halogens is 4. The molecule has 1 fully saturated rings. The molecule has 0 bridgehead atoms. The molecule has 2 heterocycles. The molecule has 0 spiro atoms. The third-order valence-electron chi connectivity index (χ3n) is 5.47. The van der Waals surface area contributed by atoms with Crippen LogP contribution in [0.2, 0.25) is 0 Å². The van der Waals surface area contributed by atoms with Crippen molar-refractivity contribution in [3.8, 4) is 0 Å². The van der Waals surface area contributed by atoms with Crippen molar-refractivity contribution >= 4 is 32.7 Å². The van der Waals surface area contributed by atoms with E-state index in [1.165, 1.54) is 0 Å². The zero-order valence-corrected chi connectivity index (χ0v) is 18.8. The van der Waals surface area contributed by atoms with E-state index in [1.54, 1.807) is 6.92 Å². The molecule has 176 valence electrons. The number of hydrogen-bond donors (Lipinski definition) is 0. The number of nitrogens with zero attached hydrogens (tertiary/aromatic N) is 3. The Morgan fingerprint density at radius 1 is 1.12 bits per heavy atom. The molecule has 0 aliphatic carbocycles. The molecule has 0 unspecified atom stereocenters. The number of piperazine rings is 1. The molecule has 0 N–H and O–H groups in total. The number of anilines is 1. The summed E-state index contributed by atoms with van der Waals surface area (Å²) in [7, 11) is 0. The SMILES string of the molecule is CCOC(=O)Cc1cccc(CN2CCN(c3nc4cc(F)c(C(F)(F)F)cc4s3)CC2)c1. The van der Waals surface area contributed by atoms with E-state index in [4.69, 9.17) is 4.74 Å². The van der Waals surface area contributed by atoms with Crippen molar-refractivity contribution in [3.63, 3.8) is 0 Å². The van der Waals surface area contributed by atoms with Crippen molar-refractivity contribution in [1.82, 2.24) is 9.88 Å². The molecule has 0 amide bonds. The molecule has 0 atom stereocenters. The van der Waals surface area contributed by atoms with Gasteiger partial charge in [-0.1, -0.05) is 35.6 Å². The fraction of sp³-hybridized carbons (Fsp3) is 0.391. The van der Waals surface area contributed by atoms with E-state index in [-0.39, 0.29) is 17.9 Å². The average Bonchev–Trinajstić information content (AvgIpc) is 3.16. The molecule has 10 heteroatoms. The third kappa shape index (κ3) is 5.62. The van der Waals surface area contributed by atoms with E-state index in [0.29, 0.717) is 29.5 Å². The van der Waals surface area contributed by atoms with Gasteiger partial charge in [-0.3, -0.25) is 9.69 Å². The van der Waals surface area contributed by atoms with Gasteiger partial charge in [-0.2, -0.15) is 13.2 Å². The second-order valence-electron chi connectivity index (χ2n) is 7.86. The van der Waals surface area contributed by atoms with Crippen LogP contribution in [0.25, 0.3) is 10.2 Å². The molecule has 1 aliphatic rings. The van der Waals surface area contributed by atoms with Gasteiger partial charge in [-0.05, 0) is 24.1 Å². The predicted octanol–water partition coefficient (Wildman–Crippen LogP) is 4.88. The monoisotopic (exact) mass is 481 g/mol. The van der Waals surface area contributed by atoms with Crippen LogP contribution < -0.4 is 4.90 Å². The van der Waals surface area contributed by atoms with Crippen molar-refractivity contribution in [2.24, 2.45) is 0 Å². The van der Waals surface area contributed by atoms with Crippen LogP contribution in [-0.4, -0.2) is 48.6 Å². The second-order valence-corrected chi connectivity index (χ2v) is 8.87. The number of carbonyl (C=O) groups is 1. The number of aromatic nitrogens is 1. The van der Waals surface area contributed by atoms with Gasteiger partial charge in [0, 0.05) is 38.8 Å². The Bertz CT molecular complexity index is 1140. The summed E-state index contributed by atoms with van der Waals surface area (Å²) in [4.78, 5) is 20.4. The number of hydrogen-bond acceptors (Lipinski definition) is 6. The van der Waals surface area contributed by atoms with Gasteiger partial charge in [0.2, 0.25) is 0 Å². The molecule has 1 saturated heterocycles. The van der Waals surface area contributed by atoms with Gasteiger partial charge in [-0.15, -0.1) is 0 Å². The lowest BCUT2D eigenvalue weighted by molar-refractivity contribution is -0.142. The minimum Gasteiger partial charge on any atom is -0.466 e. The van der Waals surface area contributed by atoms with E-state index in [1.807, 2.05) is 29.2 Å². The van der Waals surface area contributed by atoms with E-state index in [0.717, 1.165) is 54.2 Å². The van der Waals surface area contributed by atoms with Crippen LogP contribution in [0.5, 0.6) is 0 Å². The summed E-state index contributed by atoms with van der Waals surface area (Å²) in [6, 6.07) is 9.54. The maximum atomic E-state index is 13.9. The fourth-order valence-electron chi connectivity index (χ4n) is 3.86. The van der Waals surface area contributed by atoms with Crippen molar-refractivity contribution < 1.29 is 27.1 Å². The van der Waals surface area contributed by atoms with Crippen LogP contribution in [0, 0.1) is 5.82 Å². The van der Waals surface area contributed by atoms with Crippen LogP contribution in [-0.2, 0) is 28.7 Å². The highest BCUT2D eigenvalue weighted by Crippen LogP contribution is 2.37. The Labute approximate surface area is 192 Å². The number of thiazole rings is 1. The molecule has 0 saturated carbocycles. The summed E-state index contributed by atoms with van der Waals surface area (Å²) in [6.07, 6.45) is -4.49. The van der Waals surface area contributed by atoms with Crippen molar-refractivity contribution in [2.45, 2.75) is 26.1 Å². The molecule has 1 aliphatic heterocycles. The van der Waals surface area contributed by atoms with Gasteiger partial charge in [0.15, 0.2) is 5.13 Å². The Morgan fingerprint density at radius 2 is 1.85 bits per heavy atom. The molecule has 0 radical (unpaired) electrons. The first-order valence-corrected chi connectivity index (χ1v) is 11.4. The van der Waals surface area contributed by atoms with Gasteiger partial charge < -0.3 is 9.64 Å². The summed E-state index contributed by atoms with van der Waals surface area (Å²) in [5.41, 5.74) is 0.978. The minimum absolute atomic E-state index is 0.237. The van der Waals surface area contributed by atoms with Gasteiger partial charge in [0.25, 0.3) is 0 Å². The third-order valence-corrected chi connectivity index (χ3v) is 6.54. The lowest BCUT2D eigenvalue weighted by Gasteiger charge is -2.34. The quantitative estimate of drug-likeness (QED) is 0.371. The Kier molecular flexibility index (Phi) is 6.85. The van der Waals surface area contributed by atoms with Crippen LogP contribution >= 0.6 is 11.3 Å². The van der Waals surface area contributed by atoms with Gasteiger partial charge >= 0.3 is 12.1 Å². The van der Waals surface area contributed by atoms with E-state index in [9.17, 15) is 22.4 Å². The van der Waals surface area contributed by atoms with Crippen LogP contribution in [0.4, 0.5) is 22.7 Å². The number of esters is 1. The number of rotatable bonds is 6. The number of alkyl halides is 3. The van der Waals surface area contributed by atoms with E-state index in [2.05, 4.69) is 9.88 Å². The van der Waals surface area contributed by atoms with Crippen LogP contribution in [0.15, 0.2) is 36.4 Å². The number of carbonyl (C=O) groups excluding carboxylic acids is 1. The van der Waals surface area contributed by atoms with Crippen molar-refractivity contribution in [2.75, 3.05) is 37.7 Å². The summed E-state index contributed by atoms with van der Waals surface area (Å²) < 4.78 is 58.1. The Hall–Kier alpha value is -2.72. The molecular formula is C23H23F4N3O2S. The summed E-state index contributed by atoms with van der Waals surface area (Å²) in [5.74, 6) is -1.55. The largest absolute Gasteiger partial charge is 0.466 e. The second kappa shape index (κ2) is 9.64. The van der Waals surface area contributed by atoms with E-state index >= 15 is 0 Å². The maximum Gasteiger partial charge on any atom is 0.419 e. The van der Waals surface area contributed by atoms with Gasteiger partial charge in [0.05, 0.1) is 28.8 Å². The lowest BCUT2D eigenvalue weighted by atomic mass is 10.1. The van der Waals surface area contributed by atoms with Crippen LogP contribution in [0.3, 0.4) is 0 Å². The molecule has 3 aromatic rings. The highest BCUT2D eigenvalue weighted by Gasteiger charge is 2.35. The zero-order valence-electron chi connectivity index (χ0n) is 18.0. The smallest absolute Gasteiger partial charge is 0.419 e. The molecule has 2 aromatic carbocycles. The van der Waals surface area contributed by atoms with Crippen LogP contribution in [0.1, 0.15) is 23.6 Å².